The summed E-state index contributed by atoms with van der Waals surface area (Å²) in [6.45, 7) is 10.5. The molecule has 0 aliphatic carbocycles. The normalized spacial score (nSPS) is 13.6. The molecule has 1 heterocycles. The molecule has 1 aromatic rings. The fourth-order valence-corrected chi connectivity index (χ4v) is 1.30. The molecule has 1 aromatic heterocycles. The maximum Gasteiger partial charge on any atom is 0.145 e. The lowest BCUT2D eigenvalue weighted by atomic mass is 10.0. The Morgan fingerprint density at radius 2 is 1.33 bits per heavy atom. The summed E-state index contributed by atoms with van der Waals surface area (Å²) in [5, 5.41) is 0. The summed E-state index contributed by atoms with van der Waals surface area (Å²) in [6, 6.07) is 1.99. The monoisotopic (exact) mass is 207 g/mol. The first kappa shape index (κ1) is 12.1. The van der Waals surface area contributed by atoms with Gasteiger partial charge in [-0.3, -0.25) is 0 Å². The highest BCUT2D eigenvalue weighted by Crippen LogP contribution is 2.19. The van der Waals surface area contributed by atoms with Crippen molar-refractivity contribution in [3.63, 3.8) is 0 Å². The van der Waals surface area contributed by atoms with E-state index < -0.39 is 0 Å². The van der Waals surface area contributed by atoms with Crippen LogP contribution in [0.2, 0.25) is 0 Å². The summed E-state index contributed by atoms with van der Waals surface area (Å²) >= 11 is 0. The Labute approximate surface area is 92.1 Å². The number of rotatable bonds is 3. The predicted molar refractivity (Wildman–Crippen MR) is 62.8 cm³/mol. The molecule has 1 unspecified atom stereocenters. The van der Waals surface area contributed by atoms with E-state index in [0.29, 0.717) is 11.8 Å². The zero-order valence-corrected chi connectivity index (χ0v) is 10.3. The van der Waals surface area contributed by atoms with Gasteiger partial charge in [-0.1, -0.05) is 27.7 Å². The van der Waals surface area contributed by atoms with Crippen molar-refractivity contribution in [2.24, 2.45) is 5.73 Å². The van der Waals surface area contributed by atoms with Gasteiger partial charge in [-0.15, -0.1) is 0 Å². The Bertz CT molecular complexity index is 265. The van der Waals surface area contributed by atoms with Gasteiger partial charge < -0.3 is 5.73 Å². The second-order valence-corrected chi connectivity index (χ2v) is 4.67. The van der Waals surface area contributed by atoms with Crippen molar-refractivity contribution in [2.75, 3.05) is 0 Å². The van der Waals surface area contributed by atoms with E-state index in [1.807, 2.05) is 6.92 Å². The Balaban J connectivity index is 3.20. The van der Waals surface area contributed by atoms with Crippen molar-refractivity contribution in [3.8, 4) is 0 Å². The Hall–Kier alpha value is -0.960. The van der Waals surface area contributed by atoms with Crippen molar-refractivity contribution in [1.82, 2.24) is 9.97 Å². The summed E-state index contributed by atoms with van der Waals surface area (Å²) in [5.41, 5.74) is 8.00. The van der Waals surface area contributed by atoms with Gasteiger partial charge in [0.2, 0.25) is 0 Å². The van der Waals surface area contributed by atoms with Gasteiger partial charge in [-0.2, -0.15) is 0 Å². The molecule has 1 rings (SSSR count). The lowest BCUT2D eigenvalue weighted by Crippen LogP contribution is -2.14. The molecule has 0 bridgehead atoms. The molecule has 0 spiro atoms. The van der Waals surface area contributed by atoms with E-state index in [0.717, 1.165) is 17.2 Å². The number of aromatic nitrogens is 2. The first-order chi connectivity index (χ1) is 6.91. The van der Waals surface area contributed by atoms with Crippen LogP contribution in [-0.2, 0) is 0 Å². The lowest BCUT2D eigenvalue weighted by Gasteiger charge is -2.13. The molecule has 1 atom stereocenters. The number of hydrogen-bond acceptors (Lipinski definition) is 3. The van der Waals surface area contributed by atoms with Gasteiger partial charge in [0.15, 0.2) is 0 Å². The Kier molecular flexibility index (Phi) is 3.80. The summed E-state index contributed by atoms with van der Waals surface area (Å²) in [7, 11) is 0. The van der Waals surface area contributed by atoms with Crippen LogP contribution in [0.3, 0.4) is 0 Å². The SMILES string of the molecule is CC(C)c1cc(C(C)C)nc(C(C)N)n1. The van der Waals surface area contributed by atoms with Crippen LogP contribution in [-0.4, -0.2) is 9.97 Å². The molecule has 0 aliphatic rings. The van der Waals surface area contributed by atoms with E-state index in [2.05, 4.69) is 43.7 Å². The molecule has 0 aliphatic heterocycles. The average Bonchev–Trinajstić information content (AvgIpc) is 2.16. The first-order valence-corrected chi connectivity index (χ1v) is 5.56. The molecule has 0 saturated heterocycles. The highest BCUT2D eigenvalue weighted by molar-refractivity contribution is 5.17. The second-order valence-electron chi connectivity index (χ2n) is 4.67. The lowest BCUT2D eigenvalue weighted by molar-refractivity contribution is 0.679. The molecule has 0 aromatic carbocycles. The topological polar surface area (TPSA) is 51.8 Å². The molecule has 0 amide bonds. The standard InChI is InChI=1S/C12H21N3/c1-7(2)10-6-11(8(3)4)15-12(14-10)9(5)13/h6-9H,13H2,1-5H3. The van der Waals surface area contributed by atoms with Crippen LogP contribution < -0.4 is 5.73 Å². The van der Waals surface area contributed by atoms with Gasteiger partial charge in [0.25, 0.3) is 0 Å². The third kappa shape index (κ3) is 2.99. The van der Waals surface area contributed by atoms with Crippen LogP contribution in [0, 0.1) is 0 Å². The largest absolute Gasteiger partial charge is 0.322 e. The molecule has 2 N–H and O–H groups in total. The van der Waals surface area contributed by atoms with Crippen LogP contribution in [0.1, 0.15) is 69.7 Å². The summed E-state index contributed by atoms with van der Waals surface area (Å²) in [5.74, 6) is 1.59. The third-order valence-electron chi connectivity index (χ3n) is 2.37. The van der Waals surface area contributed by atoms with Crippen LogP contribution >= 0.6 is 0 Å². The van der Waals surface area contributed by atoms with Gasteiger partial charge in [-0.05, 0) is 24.8 Å². The van der Waals surface area contributed by atoms with Crippen molar-refractivity contribution in [3.05, 3.63) is 23.3 Å². The van der Waals surface area contributed by atoms with E-state index in [9.17, 15) is 0 Å². The highest BCUT2D eigenvalue weighted by Gasteiger charge is 2.12. The van der Waals surface area contributed by atoms with Crippen LogP contribution in [0.5, 0.6) is 0 Å². The maximum absolute atomic E-state index is 5.83. The van der Waals surface area contributed by atoms with E-state index in [-0.39, 0.29) is 6.04 Å². The highest BCUT2D eigenvalue weighted by atomic mass is 14.9. The Morgan fingerprint density at radius 3 is 1.60 bits per heavy atom. The zero-order chi connectivity index (χ0) is 11.6. The summed E-state index contributed by atoms with van der Waals surface area (Å²) in [4.78, 5) is 8.96. The fourth-order valence-electron chi connectivity index (χ4n) is 1.30. The van der Waals surface area contributed by atoms with Gasteiger partial charge in [0.05, 0.1) is 6.04 Å². The minimum absolute atomic E-state index is 0.0961. The molecule has 84 valence electrons. The summed E-state index contributed by atoms with van der Waals surface area (Å²) in [6.07, 6.45) is 0. The molecule has 0 saturated carbocycles. The molecule has 15 heavy (non-hydrogen) atoms. The third-order valence-corrected chi connectivity index (χ3v) is 2.37. The van der Waals surface area contributed by atoms with Crippen molar-refractivity contribution in [2.45, 2.75) is 52.5 Å². The van der Waals surface area contributed by atoms with Crippen LogP contribution in [0.15, 0.2) is 6.07 Å². The molecular formula is C12H21N3. The van der Waals surface area contributed by atoms with Crippen LogP contribution in [0.25, 0.3) is 0 Å². The van der Waals surface area contributed by atoms with Crippen molar-refractivity contribution >= 4 is 0 Å². The van der Waals surface area contributed by atoms with E-state index in [4.69, 9.17) is 5.73 Å². The zero-order valence-electron chi connectivity index (χ0n) is 10.3. The quantitative estimate of drug-likeness (QED) is 0.829. The number of hydrogen-bond donors (Lipinski definition) is 1. The minimum atomic E-state index is -0.0961. The van der Waals surface area contributed by atoms with E-state index in [1.165, 1.54) is 0 Å². The first-order valence-electron chi connectivity index (χ1n) is 5.56. The van der Waals surface area contributed by atoms with E-state index in [1.54, 1.807) is 0 Å². The predicted octanol–water partition coefficient (Wildman–Crippen LogP) is 2.74. The maximum atomic E-state index is 5.83. The van der Waals surface area contributed by atoms with Gasteiger partial charge in [0.1, 0.15) is 5.82 Å². The second kappa shape index (κ2) is 4.71. The molecule has 0 fully saturated rings. The van der Waals surface area contributed by atoms with Crippen molar-refractivity contribution in [1.29, 1.82) is 0 Å². The van der Waals surface area contributed by atoms with Crippen molar-refractivity contribution < 1.29 is 0 Å². The van der Waals surface area contributed by atoms with Gasteiger partial charge in [0, 0.05) is 11.4 Å². The number of nitrogens with two attached hydrogens (primary N) is 1. The van der Waals surface area contributed by atoms with E-state index >= 15 is 0 Å². The van der Waals surface area contributed by atoms with Crippen LogP contribution in [0.4, 0.5) is 0 Å². The fraction of sp³-hybridized carbons (Fsp3) is 0.667. The Morgan fingerprint density at radius 1 is 0.933 bits per heavy atom. The number of nitrogens with zero attached hydrogens (tertiary/aromatic N) is 2. The smallest absolute Gasteiger partial charge is 0.145 e. The molecular weight excluding hydrogens is 186 g/mol. The summed E-state index contributed by atoms with van der Waals surface area (Å²) < 4.78 is 0. The van der Waals surface area contributed by atoms with Gasteiger partial charge in [-0.25, -0.2) is 9.97 Å². The minimum Gasteiger partial charge on any atom is -0.322 e. The molecule has 3 nitrogen and oxygen atoms in total. The molecule has 0 radical (unpaired) electrons. The molecule has 3 heteroatoms. The average molecular weight is 207 g/mol. The van der Waals surface area contributed by atoms with Gasteiger partial charge >= 0.3 is 0 Å².